The maximum atomic E-state index is 12.9. The van der Waals surface area contributed by atoms with Crippen LogP contribution in [0.25, 0.3) is 0 Å². The van der Waals surface area contributed by atoms with Crippen molar-refractivity contribution in [1.29, 1.82) is 0 Å². The lowest BCUT2D eigenvalue weighted by Gasteiger charge is -2.27. The highest BCUT2D eigenvalue weighted by molar-refractivity contribution is 7.94. The summed E-state index contributed by atoms with van der Waals surface area (Å²) in [5.41, 5.74) is 2.44. The van der Waals surface area contributed by atoms with Gasteiger partial charge in [-0.1, -0.05) is 43.2 Å². The van der Waals surface area contributed by atoms with Crippen molar-refractivity contribution in [3.05, 3.63) is 35.9 Å². The van der Waals surface area contributed by atoms with Crippen molar-refractivity contribution < 1.29 is 13.2 Å². The molecular formula is C19H24N2O3S. The van der Waals surface area contributed by atoms with E-state index in [9.17, 15) is 13.2 Å². The predicted octanol–water partition coefficient (Wildman–Crippen LogP) is 3.33. The third-order valence-electron chi connectivity index (χ3n) is 5.28. The normalized spacial score (nSPS) is 19.0. The van der Waals surface area contributed by atoms with Gasteiger partial charge in [0, 0.05) is 12.8 Å². The predicted molar refractivity (Wildman–Crippen MR) is 99.9 cm³/mol. The van der Waals surface area contributed by atoms with Crippen LogP contribution in [-0.4, -0.2) is 35.6 Å². The van der Waals surface area contributed by atoms with Gasteiger partial charge in [0.1, 0.15) is 4.75 Å². The summed E-state index contributed by atoms with van der Waals surface area (Å²) >= 11 is 0. The number of rotatable bonds is 6. The van der Waals surface area contributed by atoms with E-state index in [2.05, 4.69) is 10.2 Å². The fraction of sp³-hybridized carbons (Fsp3) is 0.526. The summed E-state index contributed by atoms with van der Waals surface area (Å²) in [6, 6.07) is 9.69. The molecule has 0 N–H and O–H groups in total. The lowest BCUT2D eigenvalue weighted by molar-refractivity contribution is -0.119. The molecule has 25 heavy (non-hydrogen) atoms. The molecule has 0 amide bonds. The quantitative estimate of drug-likeness (QED) is 0.781. The van der Waals surface area contributed by atoms with Crippen LogP contribution in [0.15, 0.2) is 40.5 Å². The van der Waals surface area contributed by atoms with Crippen LogP contribution in [0, 0.1) is 0 Å². The third kappa shape index (κ3) is 3.45. The second-order valence-electron chi connectivity index (χ2n) is 7.32. The molecule has 1 aliphatic heterocycles. The molecule has 0 atom stereocenters. The molecule has 1 fully saturated rings. The highest BCUT2D eigenvalue weighted by atomic mass is 32.2. The molecule has 1 saturated carbocycles. The summed E-state index contributed by atoms with van der Waals surface area (Å²) < 4.78 is 24.4. The molecule has 3 rings (SSSR count). The van der Waals surface area contributed by atoms with E-state index in [0.717, 1.165) is 24.1 Å². The van der Waals surface area contributed by atoms with E-state index in [-0.39, 0.29) is 17.5 Å². The molecule has 0 aromatic heterocycles. The first-order valence-electron chi connectivity index (χ1n) is 8.77. The topological polar surface area (TPSA) is 75.9 Å². The Hall–Kier alpha value is -1.82. The fourth-order valence-electron chi connectivity index (χ4n) is 3.46. The number of Topliss-reactive ketones (excluding diaryl/α,β-unsaturated/α-hetero) is 1. The molecule has 1 aliphatic carbocycles. The number of nitrogens with zero attached hydrogens (tertiary/aromatic N) is 2. The molecule has 5 nitrogen and oxygen atoms in total. The smallest absolute Gasteiger partial charge is 0.165 e. The zero-order valence-corrected chi connectivity index (χ0v) is 15.6. The van der Waals surface area contributed by atoms with Gasteiger partial charge in [0.05, 0.1) is 16.7 Å². The molecule has 1 aromatic rings. The van der Waals surface area contributed by atoms with Crippen LogP contribution in [0.1, 0.15) is 57.9 Å². The molecular weight excluding hydrogens is 336 g/mol. The number of benzene rings is 1. The minimum atomic E-state index is -3.49. The molecule has 0 spiro atoms. The summed E-state index contributed by atoms with van der Waals surface area (Å²) in [4.78, 5) is 12.8. The minimum Gasteiger partial charge on any atom is -0.298 e. The van der Waals surface area contributed by atoms with E-state index >= 15 is 0 Å². The molecule has 6 heteroatoms. The monoisotopic (exact) mass is 360 g/mol. The van der Waals surface area contributed by atoms with Crippen molar-refractivity contribution >= 4 is 27.0 Å². The minimum absolute atomic E-state index is 0.0405. The highest BCUT2D eigenvalue weighted by Gasteiger charge is 2.46. The van der Waals surface area contributed by atoms with Crippen LogP contribution in [0.3, 0.4) is 0 Å². The van der Waals surface area contributed by atoms with E-state index < -0.39 is 14.6 Å². The van der Waals surface area contributed by atoms with Crippen molar-refractivity contribution in [2.24, 2.45) is 10.2 Å². The van der Waals surface area contributed by atoms with Gasteiger partial charge in [-0.25, -0.2) is 8.42 Å². The Labute approximate surface area is 149 Å². The lowest BCUT2D eigenvalue weighted by atomic mass is 9.98. The Balaban J connectivity index is 1.67. The van der Waals surface area contributed by atoms with Crippen molar-refractivity contribution in [1.82, 2.24) is 0 Å². The maximum absolute atomic E-state index is 12.9. The molecule has 0 radical (unpaired) electrons. The van der Waals surface area contributed by atoms with Crippen LogP contribution in [0.4, 0.5) is 0 Å². The van der Waals surface area contributed by atoms with Gasteiger partial charge in [0.15, 0.2) is 15.6 Å². The molecule has 0 bridgehead atoms. The summed E-state index contributed by atoms with van der Waals surface area (Å²) in [5.74, 6) is -0.289. The molecule has 0 unspecified atom stereocenters. The van der Waals surface area contributed by atoms with Crippen molar-refractivity contribution in [3.63, 3.8) is 0 Å². The van der Waals surface area contributed by atoms with Crippen LogP contribution in [0.5, 0.6) is 0 Å². The lowest BCUT2D eigenvalue weighted by Crippen LogP contribution is -2.46. The summed E-state index contributed by atoms with van der Waals surface area (Å²) in [6.45, 7) is 3.08. The average molecular weight is 360 g/mol. The largest absolute Gasteiger partial charge is 0.298 e. The SMILES string of the molecule is CC(C)(C(=O)CC1=NN=C(c2ccccc2)C1)S(=O)(=O)C1CCCC1. The number of hydrogen-bond donors (Lipinski definition) is 0. The summed E-state index contributed by atoms with van der Waals surface area (Å²) in [5, 5.41) is 7.90. The number of carbonyl (C=O) groups excluding carboxylic acids is 1. The molecule has 2 aliphatic rings. The van der Waals surface area contributed by atoms with Crippen molar-refractivity contribution in [2.75, 3.05) is 0 Å². The number of carbonyl (C=O) groups is 1. The average Bonchev–Trinajstić information content (AvgIpc) is 3.27. The number of sulfone groups is 1. The molecule has 1 heterocycles. The first-order chi connectivity index (χ1) is 11.8. The summed E-state index contributed by atoms with van der Waals surface area (Å²) in [7, 11) is -3.49. The van der Waals surface area contributed by atoms with Gasteiger partial charge in [0.25, 0.3) is 0 Å². The number of hydrogen-bond acceptors (Lipinski definition) is 5. The molecule has 1 aromatic carbocycles. The molecule has 0 saturated heterocycles. The van der Waals surface area contributed by atoms with Crippen LogP contribution in [-0.2, 0) is 14.6 Å². The van der Waals surface area contributed by atoms with Crippen LogP contribution in [0.2, 0.25) is 0 Å². The van der Waals surface area contributed by atoms with E-state index in [0.29, 0.717) is 25.0 Å². The van der Waals surface area contributed by atoms with Gasteiger partial charge in [-0.3, -0.25) is 4.79 Å². The second-order valence-corrected chi connectivity index (χ2v) is 10.1. The Morgan fingerprint density at radius 1 is 1.12 bits per heavy atom. The fourth-order valence-corrected chi connectivity index (χ4v) is 5.63. The van der Waals surface area contributed by atoms with E-state index in [1.54, 1.807) is 0 Å². The third-order valence-corrected chi connectivity index (χ3v) is 8.28. The van der Waals surface area contributed by atoms with Gasteiger partial charge < -0.3 is 0 Å². The second kappa shape index (κ2) is 6.83. The Bertz CT molecular complexity index is 817. The maximum Gasteiger partial charge on any atom is 0.165 e. The van der Waals surface area contributed by atoms with Crippen molar-refractivity contribution in [2.45, 2.75) is 62.4 Å². The van der Waals surface area contributed by atoms with Gasteiger partial charge in [0.2, 0.25) is 0 Å². The van der Waals surface area contributed by atoms with Crippen LogP contribution >= 0.6 is 0 Å². The van der Waals surface area contributed by atoms with Gasteiger partial charge in [-0.2, -0.15) is 10.2 Å². The zero-order chi connectivity index (χ0) is 18.1. The Morgan fingerprint density at radius 3 is 2.40 bits per heavy atom. The standard InChI is InChI=1S/C19H24N2O3S/c1-19(2,25(23,24)16-10-6-7-11-16)18(22)13-15-12-17(21-20-15)14-8-4-3-5-9-14/h3-5,8-9,16H,6-7,10-13H2,1-2H3. The highest BCUT2D eigenvalue weighted by Crippen LogP contribution is 2.33. The van der Waals surface area contributed by atoms with E-state index in [4.69, 9.17) is 0 Å². The van der Waals surface area contributed by atoms with Gasteiger partial charge in [-0.05, 0) is 32.3 Å². The van der Waals surface area contributed by atoms with E-state index in [1.165, 1.54) is 13.8 Å². The zero-order valence-electron chi connectivity index (χ0n) is 14.7. The van der Waals surface area contributed by atoms with Crippen LogP contribution < -0.4 is 0 Å². The number of ketones is 1. The van der Waals surface area contributed by atoms with E-state index in [1.807, 2.05) is 30.3 Å². The first kappa shape index (κ1) is 18.0. The molecule has 134 valence electrons. The van der Waals surface area contributed by atoms with Gasteiger partial charge in [-0.15, -0.1) is 0 Å². The first-order valence-corrected chi connectivity index (χ1v) is 10.3. The Kier molecular flexibility index (Phi) is 4.91. The van der Waals surface area contributed by atoms with Crippen molar-refractivity contribution in [3.8, 4) is 0 Å². The summed E-state index contributed by atoms with van der Waals surface area (Å²) in [6.07, 6.45) is 3.72. The van der Waals surface area contributed by atoms with Gasteiger partial charge >= 0.3 is 0 Å². The Morgan fingerprint density at radius 2 is 1.76 bits per heavy atom.